The maximum atomic E-state index is 14.6. The summed E-state index contributed by atoms with van der Waals surface area (Å²) in [6.45, 7) is 0.535. The van der Waals surface area contributed by atoms with Crippen LogP contribution in [0, 0.1) is 11.8 Å². The van der Waals surface area contributed by atoms with Gasteiger partial charge in [0.1, 0.15) is 21.8 Å². The summed E-state index contributed by atoms with van der Waals surface area (Å²) in [6, 6.07) is -0.668. The average Bonchev–Trinajstić information content (AvgIpc) is 2.80. The fourth-order valence-electron chi connectivity index (χ4n) is 2.11. The van der Waals surface area contributed by atoms with Gasteiger partial charge >= 0.3 is 6.18 Å². The van der Waals surface area contributed by atoms with Gasteiger partial charge in [-0.15, -0.1) is 0 Å². The molecule has 0 spiro atoms. The number of carbonyl (C=O) groups excluding carboxylic acids is 1. The Hall–Kier alpha value is -2.25. The predicted molar refractivity (Wildman–Crippen MR) is 88.4 cm³/mol. The van der Waals surface area contributed by atoms with Gasteiger partial charge in [-0.2, -0.15) is 22.3 Å². The van der Waals surface area contributed by atoms with E-state index in [0.29, 0.717) is 13.1 Å². The molecule has 0 aliphatic carbocycles. The van der Waals surface area contributed by atoms with Crippen LogP contribution in [0.2, 0.25) is 5.15 Å². The molecule has 0 aliphatic rings. The molecule has 2 rings (SSSR count). The molecular formula is C14H12ClF5N4O3S. The van der Waals surface area contributed by atoms with Crippen molar-refractivity contribution < 1.29 is 35.2 Å². The minimum Gasteiger partial charge on any atom is -0.343 e. The number of halogens is 6. The number of nitrogens with one attached hydrogen (secondary N) is 2. The minimum absolute atomic E-state index is 0.198. The number of sulfonamides is 1. The predicted octanol–water partition coefficient (Wildman–Crippen LogP) is 2.83. The first-order valence-electron chi connectivity index (χ1n) is 7.30. The van der Waals surface area contributed by atoms with Crippen molar-refractivity contribution in [2.75, 3.05) is 5.32 Å². The van der Waals surface area contributed by atoms with Crippen molar-refractivity contribution >= 4 is 33.2 Å². The summed E-state index contributed by atoms with van der Waals surface area (Å²) in [5, 5.41) is 1.78. The van der Waals surface area contributed by atoms with Crippen LogP contribution < -0.4 is 10.0 Å². The second kappa shape index (κ2) is 7.64. The van der Waals surface area contributed by atoms with Gasteiger partial charge in [0.2, 0.25) is 16.0 Å². The van der Waals surface area contributed by atoms with E-state index in [9.17, 15) is 35.2 Å². The van der Waals surface area contributed by atoms with E-state index in [1.807, 2.05) is 0 Å². The van der Waals surface area contributed by atoms with Gasteiger partial charge in [-0.25, -0.2) is 17.8 Å². The molecular weight excluding hydrogens is 435 g/mol. The summed E-state index contributed by atoms with van der Waals surface area (Å²) in [6.07, 6.45) is -4.26. The summed E-state index contributed by atoms with van der Waals surface area (Å²) in [4.78, 5) is 14.3. The van der Waals surface area contributed by atoms with Gasteiger partial charge < -0.3 is 9.88 Å². The standard InChI is InChI=1S/C14H12ClF5N4O3S/c1-6(14(18,19)20)23-28(26,27)8-5-24(2)12(11(8)17)13(25)21-7-3-9(15)22-10(16)4-7/h3-6,23H,1-2H3,(H,21,22,25)/t6-/m1/s1. The van der Waals surface area contributed by atoms with E-state index in [-0.39, 0.29) is 10.8 Å². The Kier molecular flexibility index (Phi) is 6.01. The monoisotopic (exact) mass is 446 g/mol. The molecule has 0 radical (unpaired) electrons. The molecule has 2 aromatic heterocycles. The summed E-state index contributed by atoms with van der Waals surface area (Å²) in [5.41, 5.74) is -1.01. The zero-order valence-electron chi connectivity index (χ0n) is 14.1. The maximum Gasteiger partial charge on any atom is 0.404 e. The lowest BCUT2D eigenvalue weighted by Gasteiger charge is -2.16. The van der Waals surface area contributed by atoms with Crippen molar-refractivity contribution in [3.05, 3.63) is 40.9 Å². The van der Waals surface area contributed by atoms with Crippen LogP contribution in [0.1, 0.15) is 17.4 Å². The highest BCUT2D eigenvalue weighted by Crippen LogP contribution is 2.25. The molecule has 0 aromatic carbocycles. The van der Waals surface area contributed by atoms with Crippen molar-refractivity contribution in [1.29, 1.82) is 0 Å². The van der Waals surface area contributed by atoms with Crippen LogP contribution >= 0.6 is 11.6 Å². The number of nitrogens with zero attached hydrogens (tertiary/aromatic N) is 2. The molecule has 2 heterocycles. The molecule has 0 saturated heterocycles. The van der Waals surface area contributed by atoms with E-state index in [1.54, 1.807) is 0 Å². The molecule has 2 N–H and O–H groups in total. The molecule has 2 aromatic rings. The highest BCUT2D eigenvalue weighted by Gasteiger charge is 2.40. The van der Waals surface area contributed by atoms with Crippen LogP contribution in [0.3, 0.4) is 0 Å². The molecule has 7 nitrogen and oxygen atoms in total. The first kappa shape index (κ1) is 22.0. The topological polar surface area (TPSA) is 93.1 Å². The van der Waals surface area contributed by atoms with Gasteiger partial charge in [0.05, 0.1) is 0 Å². The molecule has 0 fully saturated rings. The molecule has 154 valence electrons. The molecule has 0 aliphatic heterocycles. The first-order chi connectivity index (χ1) is 12.7. The molecule has 0 saturated carbocycles. The quantitative estimate of drug-likeness (QED) is 0.545. The molecule has 28 heavy (non-hydrogen) atoms. The number of anilines is 1. The second-order valence-corrected chi connectivity index (χ2v) is 7.68. The maximum absolute atomic E-state index is 14.6. The van der Waals surface area contributed by atoms with Gasteiger partial charge in [0.25, 0.3) is 5.91 Å². The third kappa shape index (κ3) is 4.77. The lowest BCUT2D eigenvalue weighted by molar-refractivity contribution is -0.147. The smallest absolute Gasteiger partial charge is 0.343 e. The van der Waals surface area contributed by atoms with Gasteiger partial charge in [-0.1, -0.05) is 11.6 Å². The normalized spacial score (nSPS) is 13.4. The van der Waals surface area contributed by atoms with Crippen molar-refractivity contribution in [3.63, 3.8) is 0 Å². The van der Waals surface area contributed by atoms with Crippen LogP contribution in [0.15, 0.2) is 23.2 Å². The first-order valence-corrected chi connectivity index (χ1v) is 9.17. The largest absolute Gasteiger partial charge is 0.404 e. The Morgan fingerprint density at radius 2 is 1.89 bits per heavy atom. The molecule has 1 atom stereocenters. The van der Waals surface area contributed by atoms with Gasteiger partial charge in [0, 0.05) is 25.0 Å². The van der Waals surface area contributed by atoms with E-state index in [2.05, 4.69) is 10.3 Å². The zero-order valence-corrected chi connectivity index (χ0v) is 15.7. The number of hydrogen-bond donors (Lipinski definition) is 2. The Morgan fingerprint density at radius 3 is 2.43 bits per heavy atom. The van der Waals surface area contributed by atoms with Crippen molar-refractivity contribution in [2.24, 2.45) is 7.05 Å². The number of carbonyl (C=O) groups is 1. The average molecular weight is 447 g/mol. The summed E-state index contributed by atoms with van der Waals surface area (Å²) in [5.74, 6) is -3.81. The van der Waals surface area contributed by atoms with Gasteiger partial charge in [-0.05, 0) is 13.0 Å². The third-order valence-electron chi connectivity index (χ3n) is 3.44. The lowest BCUT2D eigenvalue weighted by Crippen LogP contribution is -2.43. The van der Waals surface area contributed by atoms with E-state index in [1.165, 1.54) is 4.72 Å². The molecule has 0 bridgehead atoms. The third-order valence-corrected chi connectivity index (χ3v) is 5.16. The Bertz CT molecular complexity index is 1000. The van der Waals surface area contributed by atoms with Crippen LogP contribution in [0.25, 0.3) is 0 Å². The Morgan fingerprint density at radius 1 is 1.29 bits per heavy atom. The fourth-order valence-corrected chi connectivity index (χ4v) is 3.66. The van der Waals surface area contributed by atoms with Crippen molar-refractivity contribution in [2.45, 2.75) is 24.0 Å². The Balaban J connectivity index is 2.36. The number of pyridine rings is 1. The van der Waals surface area contributed by atoms with Crippen molar-refractivity contribution in [1.82, 2.24) is 14.3 Å². The number of aromatic nitrogens is 2. The van der Waals surface area contributed by atoms with Gasteiger partial charge in [0.15, 0.2) is 5.82 Å². The van der Waals surface area contributed by atoms with E-state index < -0.39 is 50.5 Å². The lowest BCUT2D eigenvalue weighted by atomic mass is 10.3. The number of hydrogen-bond acceptors (Lipinski definition) is 4. The minimum atomic E-state index is -4.93. The number of rotatable bonds is 5. The molecule has 1 amide bonds. The van der Waals surface area contributed by atoms with Crippen molar-refractivity contribution in [3.8, 4) is 0 Å². The Labute approximate surface area is 160 Å². The molecule has 14 heteroatoms. The highest BCUT2D eigenvalue weighted by atomic mass is 35.5. The van der Waals surface area contributed by atoms with Crippen LogP contribution in [-0.2, 0) is 17.1 Å². The zero-order chi connectivity index (χ0) is 21.4. The number of amides is 1. The number of aryl methyl sites for hydroxylation is 1. The summed E-state index contributed by atoms with van der Waals surface area (Å²) in [7, 11) is -3.83. The SMILES string of the molecule is C[C@@H](NS(=O)(=O)c1cn(C)c(C(=O)Nc2cc(F)nc(Cl)c2)c1F)C(F)(F)F. The second-order valence-electron chi connectivity index (χ2n) is 5.61. The summed E-state index contributed by atoms with van der Waals surface area (Å²) < 4.78 is 91.7. The summed E-state index contributed by atoms with van der Waals surface area (Å²) >= 11 is 5.53. The number of alkyl halides is 3. The van der Waals surface area contributed by atoms with Crippen LogP contribution in [0.5, 0.6) is 0 Å². The van der Waals surface area contributed by atoms with Gasteiger partial charge in [-0.3, -0.25) is 4.79 Å². The van der Waals surface area contributed by atoms with Crippen LogP contribution in [0.4, 0.5) is 27.6 Å². The van der Waals surface area contributed by atoms with Crippen LogP contribution in [-0.4, -0.2) is 36.1 Å². The van der Waals surface area contributed by atoms with E-state index >= 15 is 0 Å². The molecule has 0 unspecified atom stereocenters. The van der Waals surface area contributed by atoms with E-state index in [0.717, 1.165) is 23.7 Å². The van der Waals surface area contributed by atoms with E-state index in [4.69, 9.17) is 11.6 Å². The highest BCUT2D eigenvalue weighted by molar-refractivity contribution is 7.89. The fraction of sp³-hybridized carbons (Fsp3) is 0.286.